The average molecular weight is 281 g/mol. The van der Waals surface area contributed by atoms with E-state index >= 15 is 0 Å². The van der Waals surface area contributed by atoms with Crippen LogP contribution in [0, 0.1) is 0 Å². The first kappa shape index (κ1) is 13.5. The van der Waals surface area contributed by atoms with Gasteiger partial charge in [-0.15, -0.1) is 11.3 Å². The highest BCUT2D eigenvalue weighted by molar-refractivity contribution is 7.10. The van der Waals surface area contributed by atoms with Crippen LogP contribution < -0.4 is 5.32 Å². The largest absolute Gasteiger partial charge is 0.313 e. The third-order valence-electron chi connectivity index (χ3n) is 3.13. The minimum atomic E-state index is 0.291. The molecule has 0 saturated heterocycles. The van der Waals surface area contributed by atoms with Crippen molar-refractivity contribution in [1.29, 1.82) is 0 Å². The minimum Gasteiger partial charge on any atom is -0.313 e. The second kappa shape index (κ2) is 6.32. The zero-order valence-electron chi connectivity index (χ0n) is 10.6. The third-order valence-corrected chi connectivity index (χ3v) is 4.54. The summed E-state index contributed by atoms with van der Waals surface area (Å²) in [5.41, 5.74) is 2.61. The lowest BCUT2D eigenvalue weighted by Crippen LogP contribution is -2.20. The van der Waals surface area contributed by atoms with E-state index in [-0.39, 0.29) is 0 Å². The van der Waals surface area contributed by atoms with Crippen LogP contribution in [0.5, 0.6) is 0 Å². The molecule has 0 fully saturated rings. The SMILES string of the molecule is CCc1cnccc1C(Cc1sccc1Cl)NC. The average Bonchev–Trinajstić information content (AvgIpc) is 2.81. The fourth-order valence-corrected chi connectivity index (χ4v) is 3.26. The zero-order valence-corrected chi connectivity index (χ0v) is 12.2. The van der Waals surface area contributed by atoms with E-state index in [2.05, 4.69) is 23.3 Å². The molecule has 1 atom stereocenters. The summed E-state index contributed by atoms with van der Waals surface area (Å²) in [5, 5.41) is 6.29. The summed E-state index contributed by atoms with van der Waals surface area (Å²) in [4.78, 5) is 5.43. The van der Waals surface area contributed by atoms with Gasteiger partial charge in [0.15, 0.2) is 0 Å². The van der Waals surface area contributed by atoms with E-state index in [0.717, 1.165) is 17.9 Å². The Morgan fingerprint density at radius 1 is 1.44 bits per heavy atom. The second-order valence-corrected chi connectivity index (χ2v) is 5.57. The Morgan fingerprint density at radius 3 is 2.89 bits per heavy atom. The molecule has 2 nitrogen and oxygen atoms in total. The van der Waals surface area contributed by atoms with E-state index in [1.807, 2.05) is 30.9 Å². The highest BCUT2D eigenvalue weighted by Gasteiger charge is 2.15. The molecule has 0 aliphatic heterocycles. The van der Waals surface area contributed by atoms with E-state index in [9.17, 15) is 0 Å². The maximum absolute atomic E-state index is 6.17. The Balaban J connectivity index is 2.25. The number of nitrogens with zero attached hydrogens (tertiary/aromatic N) is 1. The fourth-order valence-electron chi connectivity index (χ4n) is 2.10. The molecule has 0 spiro atoms. The van der Waals surface area contributed by atoms with Crippen molar-refractivity contribution in [2.75, 3.05) is 7.05 Å². The lowest BCUT2D eigenvalue weighted by molar-refractivity contribution is 0.590. The number of aryl methyl sites for hydroxylation is 1. The number of aromatic nitrogens is 1. The molecule has 18 heavy (non-hydrogen) atoms. The number of hydrogen-bond donors (Lipinski definition) is 1. The Kier molecular flexibility index (Phi) is 4.75. The van der Waals surface area contributed by atoms with E-state index < -0.39 is 0 Å². The standard InChI is InChI=1S/C14H17ClN2S/c1-3-10-9-17-6-4-11(10)13(16-2)8-14-12(15)5-7-18-14/h4-7,9,13,16H,3,8H2,1-2H3. The van der Waals surface area contributed by atoms with Crippen LogP contribution >= 0.6 is 22.9 Å². The summed E-state index contributed by atoms with van der Waals surface area (Å²) in [7, 11) is 1.99. The Hall–Kier alpha value is -0.900. The van der Waals surface area contributed by atoms with Gasteiger partial charge in [0, 0.05) is 29.7 Å². The van der Waals surface area contributed by atoms with Gasteiger partial charge in [-0.25, -0.2) is 0 Å². The van der Waals surface area contributed by atoms with Crippen LogP contribution in [0.2, 0.25) is 5.02 Å². The number of hydrogen-bond acceptors (Lipinski definition) is 3. The summed E-state index contributed by atoms with van der Waals surface area (Å²) >= 11 is 7.89. The first-order chi connectivity index (χ1) is 8.76. The van der Waals surface area contributed by atoms with Crippen molar-refractivity contribution in [2.24, 2.45) is 0 Å². The van der Waals surface area contributed by atoms with Crippen molar-refractivity contribution in [1.82, 2.24) is 10.3 Å². The van der Waals surface area contributed by atoms with E-state index in [1.165, 1.54) is 16.0 Å². The smallest absolute Gasteiger partial charge is 0.0545 e. The number of pyridine rings is 1. The maximum atomic E-state index is 6.17. The predicted octanol–water partition coefficient (Wildman–Crippen LogP) is 3.86. The van der Waals surface area contributed by atoms with Gasteiger partial charge in [0.1, 0.15) is 0 Å². The summed E-state index contributed by atoms with van der Waals surface area (Å²) in [6.45, 7) is 2.16. The van der Waals surface area contributed by atoms with Crippen LogP contribution in [0.3, 0.4) is 0 Å². The third kappa shape index (κ3) is 2.91. The van der Waals surface area contributed by atoms with Gasteiger partial charge in [-0.3, -0.25) is 4.98 Å². The lowest BCUT2D eigenvalue weighted by Gasteiger charge is -2.19. The van der Waals surface area contributed by atoms with Gasteiger partial charge in [-0.1, -0.05) is 18.5 Å². The van der Waals surface area contributed by atoms with Gasteiger partial charge < -0.3 is 5.32 Å². The molecule has 2 heterocycles. The van der Waals surface area contributed by atoms with Crippen molar-refractivity contribution in [3.63, 3.8) is 0 Å². The number of likely N-dealkylation sites (N-methyl/N-ethyl adjacent to an activating group) is 1. The van der Waals surface area contributed by atoms with Crippen LogP contribution in [-0.4, -0.2) is 12.0 Å². The first-order valence-electron chi connectivity index (χ1n) is 6.08. The summed E-state index contributed by atoms with van der Waals surface area (Å²) in [6.07, 6.45) is 5.73. The summed E-state index contributed by atoms with van der Waals surface area (Å²) < 4.78 is 0. The van der Waals surface area contributed by atoms with Crippen LogP contribution in [0.1, 0.15) is 29.0 Å². The van der Waals surface area contributed by atoms with Crippen molar-refractivity contribution < 1.29 is 0 Å². The molecule has 0 saturated carbocycles. The molecule has 0 aliphatic carbocycles. The van der Waals surface area contributed by atoms with Gasteiger partial charge in [0.2, 0.25) is 0 Å². The molecular formula is C14H17ClN2S. The van der Waals surface area contributed by atoms with Crippen molar-refractivity contribution in [3.8, 4) is 0 Å². The molecule has 0 bridgehead atoms. The molecule has 96 valence electrons. The Labute approximate surface area is 117 Å². The highest BCUT2D eigenvalue weighted by Crippen LogP contribution is 2.28. The van der Waals surface area contributed by atoms with Gasteiger partial charge in [-0.05, 0) is 42.1 Å². The Bertz CT molecular complexity index is 510. The molecular weight excluding hydrogens is 264 g/mol. The zero-order chi connectivity index (χ0) is 13.0. The number of halogens is 1. The fraction of sp³-hybridized carbons (Fsp3) is 0.357. The number of nitrogens with one attached hydrogen (secondary N) is 1. The molecule has 0 radical (unpaired) electrons. The normalized spacial score (nSPS) is 12.6. The molecule has 0 aromatic carbocycles. The van der Waals surface area contributed by atoms with Crippen LogP contribution in [-0.2, 0) is 12.8 Å². The molecule has 1 unspecified atom stereocenters. The monoisotopic (exact) mass is 280 g/mol. The quantitative estimate of drug-likeness (QED) is 0.899. The molecule has 4 heteroatoms. The topological polar surface area (TPSA) is 24.9 Å². The highest BCUT2D eigenvalue weighted by atomic mass is 35.5. The predicted molar refractivity (Wildman–Crippen MR) is 78.4 cm³/mol. The van der Waals surface area contributed by atoms with Crippen LogP contribution in [0.15, 0.2) is 29.9 Å². The Morgan fingerprint density at radius 2 is 2.28 bits per heavy atom. The molecule has 0 aliphatic rings. The molecule has 0 amide bonds. The van der Waals surface area contributed by atoms with Crippen molar-refractivity contribution >= 4 is 22.9 Å². The van der Waals surface area contributed by atoms with Crippen molar-refractivity contribution in [2.45, 2.75) is 25.8 Å². The summed E-state index contributed by atoms with van der Waals surface area (Å²) in [5.74, 6) is 0. The van der Waals surface area contributed by atoms with Gasteiger partial charge in [0.25, 0.3) is 0 Å². The maximum Gasteiger partial charge on any atom is 0.0545 e. The van der Waals surface area contributed by atoms with Gasteiger partial charge in [-0.2, -0.15) is 0 Å². The number of thiophene rings is 1. The van der Waals surface area contributed by atoms with Crippen LogP contribution in [0.25, 0.3) is 0 Å². The first-order valence-corrected chi connectivity index (χ1v) is 7.34. The molecule has 2 aromatic heterocycles. The minimum absolute atomic E-state index is 0.291. The number of rotatable bonds is 5. The molecule has 1 N–H and O–H groups in total. The lowest BCUT2D eigenvalue weighted by atomic mass is 9.98. The van der Waals surface area contributed by atoms with Crippen LogP contribution in [0.4, 0.5) is 0 Å². The summed E-state index contributed by atoms with van der Waals surface area (Å²) in [6, 6.07) is 4.35. The van der Waals surface area contributed by atoms with Gasteiger partial charge in [0.05, 0.1) is 5.02 Å². The van der Waals surface area contributed by atoms with E-state index in [4.69, 9.17) is 11.6 Å². The van der Waals surface area contributed by atoms with E-state index in [1.54, 1.807) is 11.3 Å². The molecule has 2 aromatic rings. The molecule has 2 rings (SSSR count). The van der Waals surface area contributed by atoms with Gasteiger partial charge >= 0.3 is 0 Å². The van der Waals surface area contributed by atoms with Crippen molar-refractivity contribution in [3.05, 3.63) is 50.9 Å². The second-order valence-electron chi connectivity index (χ2n) is 4.17. The van der Waals surface area contributed by atoms with E-state index in [0.29, 0.717) is 6.04 Å².